The van der Waals surface area contributed by atoms with Crippen LogP contribution in [0.3, 0.4) is 0 Å². The van der Waals surface area contributed by atoms with E-state index in [4.69, 9.17) is 0 Å². The van der Waals surface area contributed by atoms with E-state index in [0.29, 0.717) is 23.7 Å². The molecule has 2 aliphatic carbocycles. The van der Waals surface area contributed by atoms with E-state index in [-0.39, 0.29) is 0 Å². The number of piperidine rings is 1. The highest BCUT2D eigenvalue weighted by Crippen LogP contribution is 2.38. The first-order valence-corrected chi connectivity index (χ1v) is 9.98. The Hall–Kier alpha value is -1.39. The summed E-state index contributed by atoms with van der Waals surface area (Å²) >= 11 is 0. The maximum Gasteiger partial charge on any atom is 0.225 e. The van der Waals surface area contributed by atoms with Crippen LogP contribution in [0.4, 0.5) is 0 Å². The molecule has 4 rings (SSSR count). The topological polar surface area (TPSA) is 51.0 Å². The quantitative estimate of drug-likeness (QED) is 0.795. The van der Waals surface area contributed by atoms with Gasteiger partial charge in [0.25, 0.3) is 0 Å². The molecule has 1 amide bonds. The Balaban J connectivity index is 1.25. The lowest BCUT2D eigenvalue weighted by atomic mass is 9.93. The third-order valence-electron chi connectivity index (χ3n) is 6.13. The predicted octanol–water partition coefficient (Wildman–Crippen LogP) is 3.36. The van der Waals surface area contributed by atoms with Crippen molar-refractivity contribution in [1.29, 1.82) is 0 Å². The highest BCUT2D eigenvalue weighted by atomic mass is 16.2. The van der Waals surface area contributed by atoms with Gasteiger partial charge in [0.15, 0.2) is 0 Å². The number of rotatable bonds is 4. The zero-order valence-electron chi connectivity index (χ0n) is 14.7. The van der Waals surface area contributed by atoms with Crippen LogP contribution in [0, 0.1) is 11.8 Å². The van der Waals surface area contributed by atoms with Gasteiger partial charge >= 0.3 is 0 Å². The number of nitrogens with zero attached hydrogens (tertiary/aromatic N) is 4. The molecular formula is C19H30N4O. The number of hydrogen-bond donors (Lipinski definition) is 0. The number of carbonyl (C=O) groups excluding carboxylic acids is 1. The summed E-state index contributed by atoms with van der Waals surface area (Å²) in [6.45, 7) is 2.83. The third-order valence-corrected chi connectivity index (χ3v) is 6.13. The molecule has 1 saturated heterocycles. The molecule has 3 fully saturated rings. The van der Waals surface area contributed by atoms with Crippen LogP contribution in [0.5, 0.6) is 0 Å². The van der Waals surface area contributed by atoms with Gasteiger partial charge in [-0.2, -0.15) is 0 Å². The zero-order valence-corrected chi connectivity index (χ0v) is 14.7. The van der Waals surface area contributed by atoms with Crippen molar-refractivity contribution in [2.45, 2.75) is 76.7 Å². The lowest BCUT2D eigenvalue weighted by Crippen LogP contribution is -2.42. The van der Waals surface area contributed by atoms with E-state index in [0.717, 1.165) is 45.3 Å². The normalized spacial score (nSPS) is 24.1. The maximum absolute atomic E-state index is 12.8. The van der Waals surface area contributed by atoms with Crippen LogP contribution in [0.25, 0.3) is 0 Å². The van der Waals surface area contributed by atoms with E-state index in [1.54, 1.807) is 0 Å². The molecule has 132 valence electrons. The standard InChI is InChI=1S/C19H30N4O/c24-19(17-5-3-1-2-4-6-17)22-11-9-15(10-12-22)13-23-14-18(20-21-23)16-7-8-16/h14-17H,1-13H2. The van der Waals surface area contributed by atoms with Crippen molar-refractivity contribution in [2.24, 2.45) is 11.8 Å². The van der Waals surface area contributed by atoms with E-state index in [1.807, 2.05) is 4.68 Å². The van der Waals surface area contributed by atoms with E-state index < -0.39 is 0 Å². The molecule has 2 saturated carbocycles. The molecule has 5 heteroatoms. The largest absolute Gasteiger partial charge is 0.342 e. The second-order valence-corrected chi connectivity index (χ2v) is 8.10. The van der Waals surface area contributed by atoms with Crippen LogP contribution in [0.2, 0.25) is 0 Å². The van der Waals surface area contributed by atoms with Crippen LogP contribution in [-0.4, -0.2) is 38.9 Å². The Morgan fingerprint density at radius 1 is 1.00 bits per heavy atom. The molecule has 0 unspecified atom stereocenters. The first-order chi connectivity index (χ1) is 11.8. The lowest BCUT2D eigenvalue weighted by Gasteiger charge is -2.34. The van der Waals surface area contributed by atoms with Gasteiger partial charge in [0, 0.05) is 37.7 Å². The Kier molecular flexibility index (Phi) is 4.86. The smallest absolute Gasteiger partial charge is 0.225 e. The van der Waals surface area contributed by atoms with Crippen molar-refractivity contribution in [3.05, 3.63) is 11.9 Å². The molecule has 1 aliphatic heterocycles. The summed E-state index contributed by atoms with van der Waals surface area (Å²) < 4.78 is 2.03. The Morgan fingerprint density at radius 2 is 1.71 bits per heavy atom. The van der Waals surface area contributed by atoms with Crippen LogP contribution in [0.15, 0.2) is 6.20 Å². The van der Waals surface area contributed by atoms with Gasteiger partial charge in [0.05, 0.1) is 5.69 Å². The van der Waals surface area contributed by atoms with Crippen molar-refractivity contribution >= 4 is 5.91 Å². The summed E-state index contributed by atoms with van der Waals surface area (Å²) in [5.41, 5.74) is 1.18. The molecule has 0 N–H and O–H groups in total. The van der Waals surface area contributed by atoms with Crippen molar-refractivity contribution in [3.8, 4) is 0 Å². The van der Waals surface area contributed by atoms with Gasteiger partial charge in [0.2, 0.25) is 5.91 Å². The summed E-state index contributed by atoms with van der Waals surface area (Å²) in [5, 5.41) is 8.60. The first-order valence-electron chi connectivity index (χ1n) is 9.98. The number of hydrogen-bond acceptors (Lipinski definition) is 3. The average Bonchev–Trinajstić information content (AvgIpc) is 3.40. The first kappa shape index (κ1) is 16.1. The summed E-state index contributed by atoms with van der Waals surface area (Å²) in [7, 11) is 0. The lowest BCUT2D eigenvalue weighted by molar-refractivity contribution is -0.137. The molecule has 24 heavy (non-hydrogen) atoms. The molecule has 0 atom stereocenters. The molecule has 3 aliphatic rings. The van der Waals surface area contributed by atoms with Crippen LogP contribution in [-0.2, 0) is 11.3 Å². The number of likely N-dealkylation sites (tertiary alicyclic amines) is 1. The fourth-order valence-corrected chi connectivity index (χ4v) is 4.35. The molecule has 5 nitrogen and oxygen atoms in total. The summed E-state index contributed by atoms with van der Waals surface area (Å²) in [6.07, 6.45) is 14.2. The Morgan fingerprint density at radius 3 is 2.38 bits per heavy atom. The van der Waals surface area contributed by atoms with E-state index in [2.05, 4.69) is 21.4 Å². The second-order valence-electron chi connectivity index (χ2n) is 8.10. The van der Waals surface area contributed by atoms with E-state index >= 15 is 0 Å². The summed E-state index contributed by atoms with van der Waals surface area (Å²) in [6, 6.07) is 0. The number of aromatic nitrogens is 3. The van der Waals surface area contributed by atoms with Crippen LogP contribution < -0.4 is 0 Å². The van der Waals surface area contributed by atoms with Gasteiger partial charge in [0.1, 0.15) is 0 Å². The molecule has 1 aromatic rings. The highest BCUT2D eigenvalue weighted by molar-refractivity contribution is 5.78. The van der Waals surface area contributed by atoms with E-state index in [9.17, 15) is 4.79 Å². The zero-order chi connectivity index (χ0) is 16.4. The van der Waals surface area contributed by atoms with Gasteiger partial charge < -0.3 is 4.90 Å². The van der Waals surface area contributed by atoms with Gasteiger partial charge in [-0.3, -0.25) is 9.48 Å². The van der Waals surface area contributed by atoms with Crippen LogP contribution >= 0.6 is 0 Å². The van der Waals surface area contributed by atoms with Gasteiger partial charge in [-0.1, -0.05) is 30.9 Å². The average molecular weight is 330 g/mol. The summed E-state index contributed by atoms with van der Waals surface area (Å²) in [4.78, 5) is 14.9. The SMILES string of the molecule is O=C(C1CCCCCC1)N1CCC(Cn2cc(C3CC3)nn2)CC1. The maximum atomic E-state index is 12.8. The summed E-state index contributed by atoms with van der Waals surface area (Å²) in [5.74, 6) is 2.06. The molecule has 0 aromatic carbocycles. The molecule has 0 bridgehead atoms. The monoisotopic (exact) mass is 330 g/mol. The predicted molar refractivity (Wildman–Crippen MR) is 92.5 cm³/mol. The van der Waals surface area contributed by atoms with Gasteiger partial charge in [-0.25, -0.2) is 0 Å². The highest BCUT2D eigenvalue weighted by Gasteiger charge is 2.30. The molecular weight excluding hydrogens is 300 g/mol. The Labute approximate surface area is 144 Å². The van der Waals surface area contributed by atoms with Crippen LogP contribution in [0.1, 0.15) is 75.8 Å². The van der Waals surface area contributed by atoms with Crippen molar-refractivity contribution < 1.29 is 4.79 Å². The number of carbonyl (C=O) groups is 1. The van der Waals surface area contributed by atoms with Gasteiger partial charge in [-0.15, -0.1) is 5.10 Å². The fraction of sp³-hybridized carbons (Fsp3) is 0.842. The molecule has 0 radical (unpaired) electrons. The minimum Gasteiger partial charge on any atom is -0.342 e. The third kappa shape index (κ3) is 3.81. The molecule has 1 aromatic heterocycles. The minimum atomic E-state index is 0.306. The molecule has 2 heterocycles. The number of amides is 1. The van der Waals surface area contributed by atoms with Gasteiger partial charge in [-0.05, 0) is 44.4 Å². The van der Waals surface area contributed by atoms with Crippen molar-refractivity contribution in [2.75, 3.05) is 13.1 Å². The fourth-order valence-electron chi connectivity index (χ4n) is 4.35. The molecule has 0 spiro atoms. The van der Waals surface area contributed by atoms with Crippen molar-refractivity contribution in [1.82, 2.24) is 19.9 Å². The minimum absolute atomic E-state index is 0.306. The Bertz CT molecular complexity index is 549. The second kappa shape index (κ2) is 7.24. The van der Waals surface area contributed by atoms with Crippen molar-refractivity contribution in [3.63, 3.8) is 0 Å². The van der Waals surface area contributed by atoms with E-state index in [1.165, 1.54) is 44.2 Å².